The average Bonchev–Trinajstić information content (AvgIpc) is 3.22. The van der Waals surface area contributed by atoms with Gasteiger partial charge >= 0.3 is 5.97 Å². The Balaban J connectivity index is 1.61. The van der Waals surface area contributed by atoms with Gasteiger partial charge in [0.1, 0.15) is 18.1 Å². The monoisotopic (exact) mass is 473 g/mol. The van der Waals surface area contributed by atoms with Crippen molar-refractivity contribution in [2.75, 3.05) is 13.2 Å². The Morgan fingerprint density at radius 3 is 2.46 bits per heavy atom. The van der Waals surface area contributed by atoms with Gasteiger partial charge in [0.05, 0.1) is 12.7 Å². The van der Waals surface area contributed by atoms with Gasteiger partial charge in [-0.3, -0.25) is 4.68 Å². The molecule has 0 unspecified atom stereocenters. The number of hydrogen-bond donors (Lipinski definition) is 2. The molecule has 1 aliphatic carbocycles. The highest BCUT2D eigenvalue weighted by atomic mass is 16.5. The number of aromatic hydroxyl groups is 1. The van der Waals surface area contributed by atoms with Gasteiger partial charge in [0.15, 0.2) is 0 Å². The predicted octanol–water partition coefficient (Wildman–Crippen LogP) is 5.29. The van der Waals surface area contributed by atoms with Crippen molar-refractivity contribution >= 4 is 5.97 Å². The molecule has 4 rings (SSSR count). The highest BCUT2D eigenvalue weighted by Gasteiger charge is 2.26. The van der Waals surface area contributed by atoms with Crippen molar-refractivity contribution in [2.24, 2.45) is 11.8 Å². The van der Waals surface area contributed by atoms with E-state index in [9.17, 15) is 15.2 Å². The third-order valence-electron chi connectivity index (χ3n) is 6.69. The van der Waals surface area contributed by atoms with Crippen molar-refractivity contribution < 1.29 is 19.7 Å². The van der Waals surface area contributed by atoms with Crippen LogP contribution in [0.25, 0.3) is 22.4 Å². The number of carboxylic acids is 1. The lowest BCUT2D eigenvalue weighted by atomic mass is 9.82. The molecule has 1 aliphatic rings. The van der Waals surface area contributed by atoms with Crippen LogP contribution >= 0.6 is 0 Å². The Kier molecular flexibility index (Phi) is 8.17. The molecule has 3 aromatic rings. The Morgan fingerprint density at radius 1 is 1.06 bits per heavy atom. The average molecular weight is 474 g/mol. The molecule has 35 heavy (non-hydrogen) atoms. The summed E-state index contributed by atoms with van der Waals surface area (Å²) < 4.78 is 7.38. The van der Waals surface area contributed by atoms with Crippen molar-refractivity contribution in [3.8, 4) is 34.2 Å². The third-order valence-corrected chi connectivity index (χ3v) is 6.69. The first-order valence-corrected chi connectivity index (χ1v) is 12.2. The molecule has 2 N–H and O–H groups in total. The topological polar surface area (TPSA) is 108 Å². The Bertz CT molecular complexity index is 1170. The number of aromatic nitrogens is 2. The molecule has 1 fully saturated rings. The van der Waals surface area contributed by atoms with E-state index < -0.39 is 5.97 Å². The number of hydrogen-bond acceptors (Lipinski definition) is 5. The lowest BCUT2D eigenvalue weighted by Crippen LogP contribution is -2.23. The van der Waals surface area contributed by atoms with Crippen molar-refractivity contribution in [2.45, 2.75) is 45.1 Å². The van der Waals surface area contributed by atoms with Gasteiger partial charge in [0.25, 0.3) is 0 Å². The van der Waals surface area contributed by atoms with E-state index in [0.29, 0.717) is 31.3 Å². The van der Waals surface area contributed by atoms with Gasteiger partial charge < -0.3 is 14.9 Å². The van der Waals surface area contributed by atoms with Gasteiger partial charge in [-0.1, -0.05) is 42.5 Å². The standard InChI is InChI=1S/C28H31N3O4/c29-15-5-10-25-27(23-8-4-9-24(32)16-23)28(22-6-2-1-3-7-22)30-31(25)17-20-11-13-21(14-12-20)18-35-19-26(33)34/h1-4,6-9,16,20-21,32H,5,10-14,17-19H2,(H,33,34)/t20-,21-. The number of ether oxygens (including phenoxy) is 1. The van der Waals surface area contributed by atoms with Crippen molar-refractivity contribution in [1.29, 1.82) is 5.26 Å². The van der Waals surface area contributed by atoms with E-state index in [2.05, 4.69) is 10.8 Å². The molecule has 2 aromatic carbocycles. The molecule has 0 saturated heterocycles. The minimum absolute atomic E-state index is 0.198. The van der Waals surface area contributed by atoms with Crippen LogP contribution in [-0.2, 0) is 22.5 Å². The fraction of sp³-hybridized carbons (Fsp3) is 0.393. The van der Waals surface area contributed by atoms with E-state index in [1.807, 2.05) is 42.5 Å². The fourth-order valence-corrected chi connectivity index (χ4v) is 4.98. The molecule has 0 amide bonds. The van der Waals surface area contributed by atoms with Gasteiger partial charge in [0.2, 0.25) is 0 Å². The van der Waals surface area contributed by atoms with Gasteiger partial charge in [-0.15, -0.1) is 0 Å². The first-order chi connectivity index (χ1) is 17.0. The number of nitriles is 1. The first kappa shape index (κ1) is 24.5. The zero-order chi connectivity index (χ0) is 24.6. The number of phenolic OH excluding ortho intramolecular Hbond substituents is 1. The maximum atomic E-state index is 10.7. The number of phenols is 1. The largest absolute Gasteiger partial charge is 0.508 e. The molecule has 0 atom stereocenters. The summed E-state index contributed by atoms with van der Waals surface area (Å²) in [6.45, 7) is 1.02. The van der Waals surface area contributed by atoms with Crippen LogP contribution in [-0.4, -0.2) is 39.2 Å². The molecular weight excluding hydrogens is 442 g/mol. The van der Waals surface area contributed by atoms with Crippen molar-refractivity contribution in [3.63, 3.8) is 0 Å². The van der Waals surface area contributed by atoms with E-state index in [0.717, 1.165) is 60.3 Å². The predicted molar refractivity (Wildman–Crippen MR) is 133 cm³/mol. The van der Waals surface area contributed by atoms with Crippen LogP contribution in [0.1, 0.15) is 37.8 Å². The second kappa shape index (κ2) is 11.7. The van der Waals surface area contributed by atoms with Gasteiger partial charge in [-0.05, 0) is 55.2 Å². The summed E-state index contributed by atoms with van der Waals surface area (Å²) in [6, 6.07) is 19.5. The molecule has 1 aromatic heterocycles. The number of carbonyl (C=O) groups is 1. The molecule has 0 aliphatic heterocycles. The lowest BCUT2D eigenvalue weighted by molar-refractivity contribution is -0.142. The SMILES string of the molecule is N#CCCc1c(-c2cccc(O)c2)c(-c2ccccc2)nn1C[C@H]1CC[C@H](COCC(=O)O)CC1. The quantitative estimate of drug-likeness (QED) is 0.414. The van der Waals surface area contributed by atoms with E-state index in [4.69, 9.17) is 14.9 Å². The van der Waals surface area contributed by atoms with E-state index in [1.54, 1.807) is 12.1 Å². The molecule has 7 nitrogen and oxygen atoms in total. The zero-order valence-corrected chi connectivity index (χ0v) is 19.8. The Hall–Kier alpha value is -3.63. The van der Waals surface area contributed by atoms with Crippen LogP contribution in [0.2, 0.25) is 0 Å². The number of carboxylic acid groups (broad SMARTS) is 1. The molecular formula is C28H31N3O4. The summed E-state index contributed by atoms with van der Waals surface area (Å²) in [5.41, 5.74) is 4.74. The van der Waals surface area contributed by atoms with E-state index in [1.165, 1.54) is 0 Å². The normalized spacial score (nSPS) is 17.7. The molecule has 1 heterocycles. The summed E-state index contributed by atoms with van der Waals surface area (Å²) in [6.07, 6.45) is 5.04. The number of benzene rings is 2. The van der Waals surface area contributed by atoms with Crippen LogP contribution < -0.4 is 0 Å². The Labute approximate surface area is 205 Å². The van der Waals surface area contributed by atoms with Crippen LogP contribution in [0.15, 0.2) is 54.6 Å². The van der Waals surface area contributed by atoms with Gasteiger partial charge in [-0.2, -0.15) is 10.4 Å². The molecule has 1 saturated carbocycles. The summed E-state index contributed by atoms with van der Waals surface area (Å²) >= 11 is 0. The molecule has 0 bridgehead atoms. The minimum Gasteiger partial charge on any atom is -0.508 e. The molecule has 7 heteroatoms. The summed E-state index contributed by atoms with van der Waals surface area (Å²) in [4.78, 5) is 10.7. The van der Waals surface area contributed by atoms with Crippen molar-refractivity contribution in [3.05, 3.63) is 60.3 Å². The van der Waals surface area contributed by atoms with Gasteiger partial charge in [-0.25, -0.2) is 4.79 Å². The van der Waals surface area contributed by atoms with Gasteiger partial charge in [0, 0.05) is 36.2 Å². The highest BCUT2D eigenvalue weighted by Crippen LogP contribution is 2.38. The lowest BCUT2D eigenvalue weighted by Gasteiger charge is -2.28. The van der Waals surface area contributed by atoms with Crippen LogP contribution in [0.4, 0.5) is 0 Å². The maximum absolute atomic E-state index is 10.7. The first-order valence-electron chi connectivity index (χ1n) is 12.2. The number of nitrogens with zero attached hydrogens (tertiary/aromatic N) is 3. The highest BCUT2D eigenvalue weighted by molar-refractivity contribution is 5.83. The summed E-state index contributed by atoms with van der Waals surface area (Å²) in [5, 5.41) is 33.3. The van der Waals surface area contributed by atoms with Crippen LogP contribution in [0, 0.1) is 23.2 Å². The molecule has 0 radical (unpaired) electrons. The molecule has 182 valence electrons. The van der Waals surface area contributed by atoms with E-state index in [-0.39, 0.29) is 12.4 Å². The second-order valence-corrected chi connectivity index (χ2v) is 9.22. The number of rotatable bonds is 10. The smallest absolute Gasteiger partial charge is 0.329 e. The Morgan fingerprint density at radius 2 is 1.77 bits per heavy atom. The second-order valence-electron chi connectivity index (χ2n) is 9.22. The summed E-state index contributed by atoms with van der Waals surface area (Å²) in [5.74, 6) is 0.110. The minimum atomic E-state index is -0.931. The zero-order valence-electron chi connectivity index (χ0n) is 19.8. The third kappa shape index (κ3) is 6.28. The van der Waals surface area contributed by atoms with E-state index >= 15 is 0 Å². The van der Waals surface area contributed by atoms with Crippen LogP contribution in [0.5, 0.6) is 5.75 Å². The fourth-order valence-electron chi connectivity index (χ4n) is 4.98. The summed E-state index contributed by atoms with van der Waals surface area (Å²) in [7, 11) is 0. The van der Waals surface area contributed by atoms with Crippen LogP contribution in [0.3, 0.4) is 0 Å². The van der Waals surface area contributed by atoms with Crippen molar-refractivity contribution in [1.82, 2.24) is 9.78 Å². The maximum Gasteiger partial charge on any atom is 0.329 e. The molecule has 0 spiro atoms. The number of aliphatic carboxylic acids is 1.